The van der Waals surface area contributed by atoms with Crippen LogP contribution in [0, 0.1) is 0 Å². The van der Waals surface area contributed by atoms with Gasteiger partial charge in [-0.2, -0.15) is 4.98 Å². The van der Waals surface area contributed by atoms with Crippen molar-refractivity contribution in [2.45, 2.75) is 32.2 Å². The predicted molar refractivity (Wildman–Crippen MR) is 104 cm³/mol. The van der Waals surface area contributed by atoms with Crippen LogP contribution >= 0.6 is 0 Å². The summed E-state index contributed by atoms with van der Waals surface area (Å²) in [5.74, 6) is 2.87. The Hall–Kier alpha value is -3.29. The van der Waals surface area contributed by atoms with E-state index >= 15 is 0 Å². The lowest BCUT2D eigenvalue weighted by Crippen LogP contribution is -2.24. The molecule has 29 heavy (non-hydrogen) atoms. The summed E-state index contributed by atoms with van der Waals surface area (Å²) < 4.78 is 21.9. The van der Waals surface area contributed by atoms with E-state index < -0.39 is 0 Å². The number of furan rings is 1. The molecule has 8 nitrogen and oxygen atoms in total. The summed E-state index contributed by atoms with van der Waals surface area (Å²) in [4.78, 5) is 18.6. The zero-order chi connectivity index (χ0) is 20.2. The fraction of sp³-hybridized carbons (Fsp3) is 0.381. The molecule has 152 valence electrons. The number of carbonyl (C=O) groups excluding carboxylic acids is 1. The minimum absolute atomic E-state index is 0.0465. The molecule has 2 aromatic heterocycles. The normalized spacial score (nSPS) is 16.4. The summed E-state index contributed by atoms with van der Waals surface area (Å²) in [7, 11) is 1.59. The first-order valence-electron chi connectivity index (χ1n) is 9.63. The van der Waals surface area contributed by atoms with E-state index in [9.17, 15) is 4.79 Å². The maximum absolute atomic E-state index is 12.3. The molecular weight excluding hydrogens is 374 g/mol. The molecular formula is C21H23N3O5. The lowest BCUT2D eigenvalue weighted by atomic mass is 10.1. The average molecular weight is 397 g/mol. The van der Waals surface area contributed by atoms with E-state index in [1.165, 1.54) is 0 Å². The molecule has 0 saturated carbocycles. The van der Waals surface area contributed by atoms with Crippen LogP contribution in [-0.2, 0) is 11.3 Å². The summed E-state index contributed by atoms with van der Waals surface area (Å²) in [5.41, 5.74) is 0.762. The van der Waals surface area contributed by atoms with Crippen molar-refractivity contribution in [2.24, 2.45) is 0 Å². The first-order valence-corrected chi connectivity index (χ1v) is 9.63. The van der Waals surface area contributed by atoms with Crippen LogP contribution < -0.4 is 9.47 Å². The standard InChI is InChI=1S/C21H23N3O5/c1-3-8-28-17-7-6-14(10-18(17)26-2)20-22-21(29-23-20)15-11-19(25)24(12-15)13-16-5-4-9-27-16/h4-7,9-10,15H,3,8,11-13H2,1-2H3. The second kappa shape index (κ2) is 8.38. The second-order valence-corrected chi connectivity index (χ2v) is 6.92. The molecule has 1 unspecified atom stereocenters. The Labute approximate surface area is 168 Å². The van der Waals surface area contributed by atoms with Gasteiger partial charge in [-0.1, -0.05) is 12.1 Å². The number of carbonyl (C=O) groups is 1. The maximum Gasteiger partial charge on any atom is 0.232 e. The summed E-state index contributed by atoms with van der Waals surface area (Å²) in [6, 6.07) is 9.19. The van der Waals surface area contributed by atoms with Crippen LogP contribution in [0.5, 0.6) is 11.5 Å². The van der Waals surface area contributed by atoms with Gasteiger partial charge in [-0.25, -0.2) is 0 Å². The van der Waals surface area contributed by atoms with Crippen molar-refractivity contribution in [1.29, 1.82) is 0 Å². The van der Waals surface area contributed by atoms with Gasteiger partial charge in [0.15, 0.2) is 11.5 Å². The first kappa shape index (κ1) is 19.0. The van der Waals surface area contributed by atoms with Crippen LogP contribution in [-0.4, -0.2) is 41.2 Å². The van der Waals surface area contributed by atoms with Gasteiger partial charge in [0.25, 0.3) is 0 Å². The molecule has 0 N–H and O–H groups in total. The molecule has 8 heteroatoms. The van der Waals surface area contributed by atoms with Crippen LogP contribution in [0.4, 0.5) is 0 Å². The fourth-order valence-corrected chi connectivity index (χ4v) is 3.34. The Morgan fingerprint density at radius 2 is 2.17 bits per heavy atom. The number of methoxy groups -OCH3 is 1. The molecule has 1 fully saturated rings. The highest BCUT2D eigenvalue weighted by atomic mass is 16.5. The number of ether oxygens (including phenoxy) is 2. The third-order valence-corrected chi connectivity index (χ3v) is 4.82. The van der Waals surface area contributed by atoms with Gasteiger partial charge in [-0.3, -0.25) is 4.79 Å². The highest BCUT2D eigenvalue weighted by molar-refractivity contribution is 5.79. The van der Waals surface area contributed by atoms with Crippen LogP contribution in [0.25, 0.3) is 11.4 Å². The predicted octanol–water partition coefficient (Wildman–Crippen LogP) is 3.64. The van der Waals surface area contributed by atoms with Crippen LogP contribution in [0.15, 0.2) is 45.5 Å². The molecule has 4 rings (SSSR count). The fourth-order valence-electron chi connectivity index (χ4n) is 3.34. The minimum Gasteiger partial charge on any atom is -0.493 e. The lowest BCUT2D eigenvalue weighted by molar-refractivity contribution is -0.128. The van der Waals surface area contributed by atoms with Gasteiger partial charge in [0.2, 0.25) is 17.6 Å². The third-order valence-electron chi connectivity index (χ3n) is 4.82. The van der Waals surface area contributed by atoms with Crippen molar-refractivity contribution in [3.05, 3.63) is 48.2 Å². The van der Waals surface area contributed by atoms with E-state index in [-0.39, 0.29) is 11.8 Å². The number of benzene rings is 1. The van der Waals surface area contributed by atoms with Gasteiger partial charge in [0.1, 0.15) is 5.76 Å². The van der Waals surface area contributed by atoms with Crippen LogP contribution in [0.3, 0.4) is 0 Å². The molecule has 3 heterocycles. The topological polar surface area (TPSA) is 90.8 Å². The number of hydrogen-bond donors (Lipinski definition) is 0. The van der Waals surface area contributed by atoms with Crippen molar-refractivity contribution in [3.63, 3.8) is 0 Å². The summed E-state index contributed by atoms with van der Waals surface area (Å²) >= 11 is 0. The molecule has 0 radical (unpaired) electrons. The van der Waals surface area contributed by atoms with Crippen molar-refractivity contribution in [2.75, 3.05) is 20.3 Å². The molecule has 0 bridgehead atoms. The van der Waals surface area contributed by atoms with E-state index in [1.807, 2.05) is 37.3 Å². The van der Waals surface area contributed by atoms with Gasteiger partial charge in [-0.05, 0) is 36.8 Å². The first-order chi connectivity index (χ1) is 14.2. The van der Waals surface area contributed by atoms with Crippen molar-refractivity contribution in [1.82, 2.24) is 15.0 Å². The SMILES string of the molecule is CCCOc1ccc(-c2noc(C3CC(=O)N(Cc4ccco4)C3)n2)cc1OC. The average Bonchev–Trinajstić information content (AvgIpc) is 3.48. The smallest absolute Gasteiger partial charge is 0.232 e. The molecule has 1 aliphatic heterocycles. The van der Waals surface area contributed by atoms with Gasteiger partial charge >= 0.3 is 0 Å². The zero-order valence-electron chi connectivity index (χ0n) is 16.5. The summed E-state index contributed by atoms with van der Waals surface area (Å²) in [6.07, 6.45) is 2.86. The van der Waals surface area contributed by atoms with Crippen LogP contribution in [0.2, 0.25) is 0 Å². The molecule has 0 aliphatic carbocycles. The Kier molecular flexibility index (Phi) is 5.50. The largest absolute Gasteiger partial charge is 0.493 e. The Bertz CT molecular complexity index is 967. The van der Waals surface area contributed by atoms with E-state index in [2.05, 4.69) is 10.1 Å². The number of hydrogen-bond acceptors (Lipinski definition) is 7. The van der Waals surface area contributed by atoms with Crippen molar-refractivity contribution in [3.8, 4) is 22.9 Å². The number of likely N-dealkylation sites (tertiary alicyclic amines) is 1. The molecule has 1 aromatic carbocycles. The van der Waals surface area contributed by atoms with Gasteiger partial charge in [0.05, 0.1) is 32.4 Å². The molecule has 3 aromatic rings. The lowest BCUT2D eigenvalue weighted by Gasteiger charge is -2.13. The number of nitrogens with zero attached hydrogens (tertiary/aromatic N) is 3. The number of aromatic nitrogens is 2. The van der Waals surface area contributed by atoms with Gasteiger partial charge in [-0.15, -0.1) is 0 Å². The zero-order valence-corrected chi connectivity index (χ0v) is 16.5. The number of rotatable bonds is 8. The van der Waals surface area contributed by atoms with E-state index in [0.717, 1.165) is 17.7 Å². The summed E-state index contributed by atoms with van der Waals surface area (Å²) in [6.45, 7) is 3.63. The van der Waals surface area contributed by atoms with Gasteiger partial charge in [0, 0.05) is 18.5 Å². The minimum atomic E-state index is -0.132. The van der Waals surface area contributed by atoms with E-state index in [0.29, 0.717) is 49.3 Å². The van der Waals surface area contributed by atoms with Crippen LogP contribution in [0.1, 0.15) is 37.3 Å². The highest BCUT2D eigenvalue weighted by Crippen LogP contribution is 2.33. The molecule has 1 aliphatic rings. The van der Waals surface area contributed by atoms with Crippen molar-refractivity contribution < 1.29 is 23.2 Å². The molecule has 1 amide bonds. The van der Waals surface area contributed by atoms with Crippen molar-refractivity contribution >= 4 is 5.91 Å². The third kappa shape index (κ3) is 4.11. The molecule has 1 atom stereocenters. The highest BCUT2D eigenvalue weighted by Gasteiger charge is 2.34. The summed E-state index contributed by atoms with van der Waals surface area (Å²) in [5, 5.41) is 4.09. The Balaban J connectivity index is 1.48. The quantitative estimate of drug-likeness (QED) is 0.573. The van der Waals surface area contributed by atoms with Gasteiger partial charge < -0.3 is 23.3 Å². The van der Waals surface area contributed by atoms with E-state index in [4.69, 9.17) is 18.4 Å². The Morgan fingerprint density at radius 1 is 1.28 bits per heavy atom. The monoisotopic (exact) mass is 397 g/mol. The number of amides is 1. The Morgan fingerprint density at radius 3 is 2.93 bits per heavy atom. The molecule has 0 spiro atoms. The van der Waals surface area contributed by atoms with E-state index in [1.54, 1.807) is 18.3 Å². The molecule has 1 saturated heterocycles. The second-order valence-electron chi connectivity index (χ2n) is 6.92. The maximum atomic E-state index is 12.3.